The summed E-state index contributed by atoms with van der Waals surface area (Å²) in [5.74, 6) is 1.91. The highest BCUT2D eigenvalue weighted by Gasteiger charge is 2.67. The molecular weight excluding hydrogens is 452 g/mol. The largest absolute Gasteiger partial charge is 0.490 e. The summed E-state index contributed by atoms with van der Waals surface area (Å²) in [6.07, 6.45) is 7.02. The number of benzene rings is 2. The topological polar surface area (TPSA) is 68.2 Å². The summed E-state index contributed by atoms with van der Waals surface area (Å²) < 4.78 is 11.7. The normalized spacial score (nSPS) is 30.6. The third-order valence-corrected chi connectivity index (χ3v) is 7.79. The molecule has 174 valence electrons. The molecule has 0 N–H and O–H groups in total. The fourth-order valence-electron chi connectivity index (χ4n) is 5.91. The number of carbonyl (C=O) groups excluding carboxylic acids is 2. The van der Waals surface area contributed by atoms with Crippen LogP contribution in [0, 0.1) is 35.5 Å². The van der Waals surface area contributed by atoms with Crippen LogP contribution in [0.1, 0.15) is 24.5 Å². The highest BCUT2D eigenvalue weighted by Crippen LogP contribution is 2.65. The second-order valence-corrected chi connectivity index (χ2v) is 9.88. The first kappa shape index (κ1) is 21.4. The number of allylic oxidation sites excluding steroid dienone is 2. The first-order valence-electron chi connectivity index (χ1n) is 11.8. The zero-order chi connectivity index (χ0) is 23.4. The third-order valence-electron chi connectivity index (χ3n) is 7.54. The van der Waals surface area contributed by atoms with E-state index >= 15 is 0 Å². The van der Waals surface area contributed by atoms with Gasteiger partial charge in [-0.2, -0.15) is 10.1 Å². The number of nitrogens with zero attached hydrogens (tertiary/aromatic N) is 2. The van der Waals surface area contributed by atoms with Gasteiger partial charge in [0.1, 0.15) is 6.61 Å². The van der Waals surface area contributed by atoms with Gasteiger partial charge in [0.05, 0.1) is 24.7 Å². The van der Waals surface area contributed by atoms with Crippen molar-refractivity contribution in [1.82, 2.24) is 5.01 Å². The SMILES string of the molecule is CCOc1cc(C=NN2C(=O)[C@@H]3[C@H]4C=C[C@@H]([C@@H]5C[C@H]45)[C@@H]3C2=O)ccc1OCc1ccc(Cl)cc1. The van der Waals surface area contributed by atoms with Crippen molar-refractivity contribution in [3.63, 3.8) is 0 Å². The Morgan fingerprint density at radius 3 is 2.29 bits per heavy atom. The zero-order valence-electron chi connectivity index (χ0n) is 18.8. The molecule has 2 saturated carbocycles. The van der Waals surface area contributed by atoms with E-state index in [1.54, 1.807) is 6.21 Å². The number of hydrogen-bond donors (Lipinski definition) is 0. The maximum Gasteiger partial charge on any atom is 0.254 e. The highest BCUT2D eigenvalue weighted by molar-refractivity contribution is 6.30. The van der Waals surface area contributed by atoms with Gasteiger partial charge in [0, 0.05) is 5.02 Å². The van der Waals surface area contributed by atoms with Crippen LogP contribution in [0.5, 0.6) is 11.5 Å². The Hall–Kier alpha value is -3.12. The monoisotopic (exact) mass is 476 g/mol. The quantitative estimate of drug-likeness (QED) is 0.330. The Kier molecular flexibility index (Phi) is 5.21. The number of ether oxygens (including phenoxy) is 2. The van der Waals surface area contributed by atoms with Gasteiger partial charge < -0.3 is 9.47 Å². The van der Waals surface area contributed by atoms with E-state index in [0.717, 1.165) is 22.6 Å². The average molecular weight is 477 g/mol. The van der Waals surface area contributed by atoms with E-state index in [9.17, 15) is 9.59 Å². The third kappa shape index (κ3) is 3.52. The first-order valence-corrected chi connectivity index (χ1v) is 12.2. The van der Waals surface area contributed by atoms with E-state index in [2.05, 4.69) is 17.3 Å². The molecule has 1 saturated heterocycles. The molecule has 2 aromatic carbocycles. The van der Waals surface area contributed by atoms with Crippen LogP contribution in [-0.4, -0.2) is 29.6 Å². The molecule has 2 bridgehead atoms. The number of rotatable bonds is 7. The van der Waals surface area contributed by atoms with Crippen molar-refractivity contribution < 1.29 is 19.1 Å². The van der Waals surface area contributed by atoms with E-state index in [1.807, 2.05) is 49.4 Å². The molecular formula is C27H25ClN2O4. The van der Waals surface area contributed by atoms with Crippen LogP contribution in [0.4, 0.5) is 0 Å². The predicted octanol–water partition coefficient (Wildman–Crippen LogP) is 4.70. The number of hydrogen-bond acceptors (Lipinski definition) is 5. The van der Waals surface area contributed by atoms with Crippen LogP contribution < -0.4 is 9.47 Å². The summed E-state index contributed by atoms with van der Waals surface area (Å²) in [5.41, 5.74) is 1.72. The standard InChI is InChI=1S/C27H25ClN2O4/c1-2-33-23-11-16(5-10-22(23)34-14-15-3-6-17(28)7-4-15)13-29-30-26(31)24-18-8-9-19(21-12-20(18)21)25(24)27(30)32/h3-11,13,18-21,24-25H,2,12,14H2,1H3/t18-,19-,20-,21+,24-,25+/m0/s1. The molecule has 2 aromatic rings. The molecule has 3 fully saturated rings. The number of hydrazone groups is 1. The Morgan fingerprint density at radius 1 is 0.971 bits per heavy atom. The second kappa shape index (κ2) is 8.27. The van der Waals surface area contributed by atoms with E-state index in [1.165, 1.54) is 0 Å². The average Bonchev–Trinajstić information content (AvgIpc) is 3.63. The number of imide groups is 1. The fourth-order valence-corrected chi connectivity index (χ4v) is 6.04. The molecule has 7 heteroatoms. The molecule has 2 amide bonds. The second-order valence-electron chi connectivity index (χ2n) is 9.44. The molecule has 0 spiro atoms. The summed E-state index contributed by atoms with van der Waals surface area (Å²) >= 11 is 5.95. The lowest BCUT2D eigenvalue weighted by Gasteiger charge is -2.37. The summed E-state index contributed by atoms with van der Waals surface area (Å²) in [7, 11) is 0. The number of halogens is 1. The van der Waals surface area contributed by atoms with Gasteiger partial charge in [-0.15, -0.1) is 0 Å². The molecule has 0 radical (unpaired) electrons. The van der Waals surface area contributed by atoms with Crippen LogP contribution in [0.2, 0.25) is 5.02 Å². The minimum absolute atomic E-state index is 0.163. The molecule has 6 nitrogen and oxygen atoms in total. The van der Waals surface area contributed by atoms with Crippen LogP contribution in [0.25, 0.3) is 0 Å². The van der Waals surface area contributed by atoms with E-state index < -0.39 is 0 Å². The molecule has 34 heavy (non-hydrogen) atoms. The van der Waals surface area contributed by atoms with E-state index in [0.29, 0.717) is 41.6 Å². The molecule has 7 rings (SSSR count). The molecule has 1 aliphatic heterocycles. The summed E-state index contributed by atoms with van der Waals surface area (Å²) in [4.78, 5) is 26.2. The smallest absolute Gasteiger partial charge is 0.254 e. The van der Waals surface area contributed by atoms with Gasteiger partial charge >= 0.3 is 0 Å². The van der Waals surface area contributed by atoms with Gasteiger partial charge in [0.15, 0.2) is 11.5 Å². The van der Waals surface area contributed by atoms with Gasteiger partial charge in [0.2, 0.25) is 0 Å². The molecule has 4 aliphatic carbocycles. The van der Waals surface area contributed by atoms with Crippen molar-refractivity contribution in [2.24, 2.45) is 40.6 Å². The first-order chi connectivity index (χ1) is 16.5. The van der Waals surface area contributed by atoms with Crippen molar-refractivity contribution in [3.05, 3.63) is 70.8 Å². The summed E-state index contributed by atoms with van der Waals surface area (Å²) in [6, 6.07) is 12.9. The lowest BCUT2D eigenvalue weighted by molar-refractivity contribution is -0.140. The van der Waals surface area contributed by atoms with E-state index in [-0.39, 0.29) is 35.5 Å². The number of carbonyl (C=O) groups is 2. The Morgan fingerprint density at radius 2 is 1.65 bits per heavy atom. The Balaban J connectivity index is 1.18. The summed E-state index contributed by atoms with van der Waals surface area (Å²) in [6.45, 7) is 2.75. The predicted molar refractivity (Wildman–Crippen MR) is 128 cm³/mol. The van der Waals surface area contributed by atoms with Crippen LogP contribution in [0.15, 0.2) is 59.7 Å². The van der Waals surface area contributed by atoms with E-state index in [4.69, 9.17) is 21.1 Å². The fraction of sp³-hybridized carbons (Fsp3) is 0.370. The van der Waals surface area contributed by atoms with Crippen LogP contribution in [0.3, 0.4) is 0 Å². The lowest BCUT2D eigenvalue weighted by Crippen LogP contribution is -2.40. The zero-order valence-corrected chi connectivity index (χ0v) is 19.5. The lowest BCUT2D eigenvalue weighted by atomic mass is 9.63. The Labute approximate surface area is 203 Å². The minimum Gasteiger partial charge on any atom is -0.490 e. The van der Waals surface area contributed by atoms with Crippen LogP contribution in [-0.2, 0) is 16.2 Å². The van der Waals surface area contributed by atoms with Crippen LogP contribution >= 0.6 is 11.6 Å². The highest BCUT2D eigenvalue weighted by atomic mass is 35.5. The van der Waals surface area contributed by atoms with Gasteiger partial charge in [-0.25, -0.2) is 0 Å². The maximum atomic E-state index is 13.1. The van der Waals surface area contributed by atoms with Crippen molar-refractivity contribution in [2.45, 2.75) is 20.0 Å². The number of amides is 2. The van der Waals surface area contributed by atoms with Gasteiger partial charge in [-0.3, -0.25) is 9.59 Å². The van der Waals surface area contributed by atoms with Crippen molar-refractivity contribution in [3.8, 4) is 11.5 Å². The van der Waals surface area contributed by atoms with Crippen molar-refractivity contribution in [1.29, 1.82) is 0 Å². The molecule has 6 atom stereocenters. The van der Waals surface area contributed by atoms with Gasteiger partial charge in [-0.05, 0) is 78.5 Å². The van der Waals surface area contributed by atoms with Crippen molar-refractivity contribution in [2.75, 3.05) is 6.61 Å². The van der Waals surface area contributed by atoms with Gasteiger partial charge in [-0.1, -0.05) is 35.9 Å². The molecule has 0 unspecified atom stereocenters. The maximum absolute atomic E-state index is 13.1. The molecule has 5 aliphatic rings. The summed E-state index contributed by atoms with van der Waals surface area (Å²) in [5, 5.41) is 6.10. The Bertz CT molecular complexity index is 1170. The minimum atomic E-state index is -0.244. The van der Waals surface area contributed by atoms with Gasteiger partial charge in [0.25, 0.3) is 11.8 Å². The molecule has 1 heterocycles. The molecule has 0 aromatic heterocycles. The van der Waals surface area contributed by atoms with Crippen molar-refractivity contribution >= 4 is 29.6 Å².